The number of nitrogens with zero attached hydrogens (tertiary/aromatic N) is 5. The first kappa shape index (κ1) is 22.1. The first-order valence-electron chi connectivity index (χ1n) is 8.81. The van der Waals surface area contributed by atoms with Gasteiger partial charge >= 0.3 is 0 Å². The number of carbonyl (C=O) groups is 1. The zero-order valence-electron chi connectivity index (χ0n) is 16.8. The Morgan fingerprint density at radius 2 is 2.04 bits per heavy atom. The van der Waals surface area contributed by atoms with E-state index < -0.39 is 0 Å². The summed E-state index contributed by atoms with van der Waals surface area (Å²) in [6.07, 6.45) is 0.850. The highest BCUT2D eigenvalue weighted by atomic mass is 35.5. The van der Waals surface area contributed by atoms with E-state index in [0.29, 0.717) is 23.1 Å². The fraction of sp³-hybridized carbons (Fsp3) is 0.421. The van der Waals surface area contributed by atoms with Crippen LogP contribution in [0.2, 0.25) is 0 Å². The molecule has 0 N–H and O–H groups in total. The van der Waals surface area contributed by atoms with E-state index in [9.17, 15) is 4.79 Å². The van der Waals surface area contributed by atoms with Crippen LogP contribution in [0.1, 0.15) is 22.6 Å². The van der Waals surface area contributed by atoms with Crippen molar-refractivity contribution in [3.8, 4) is 5.75 Å². The minimum Gasteiger partial charge on any atom is -0.494 e. The molecule has 0 unspecified atom stereocenters. The third-order valence-corrected chi connectivity index (χ3v) is 5.32. The summed E-state index contributed by atoms with van der Waals surface area (Å²) in [6.45, 7) is 3.36. The normalized spacial score (nSPS) is 10.9. The lowest BCUT2D eigenvalue weighted by Gasteiger charge is -2.20. The Bertz CT molecular complexity index is 953. The summed E-state index contributed by atoms with van der Waals surface area (Å²) in [6, 6.07) is 7.63. The van der Waals surface area contributed by atoms with Gasteiger partial charge < -0.3 is 9.64 Å². The SMILES string of the molecule is COc1cccc2sc(N(CCCN(C)C)C(=O)c3cc(C)nn3C)nc12.Cl. The fourth-order valence-corrected chi connectivity index (χ4v) is 3.98. The quantitative estimate of drug-likeness (QED) is 0.583. The smallest absolute Gasteiger partial charge is 0.278 e. The lowest BCUT2D eigenvalue weighted by Crippen LogP contribution is -2.34. The number of methoxy groups -OCH3 is 1. The van der Waals surface area contributed by atoms with Crippen molar-refractivity contribution in [1.82, 2.24) is 19.7 Å². The molecule has 2 aromatic heterocycles. The molecule has 28 heavy (non-hydrogen) atoms. The number of hydrogen-bond donors (Lipinski definition) is 0. The topological polar surface area (TPSA) is 63.5 Å². The van der Waals surface area contributed by atoms with Crippen molar-refractivity contribution in [1.29, 1.82) is 0 Å². The van der Waals surface area contributed by atoms with Gasteiger partial charge in [-0.15, -0.1) is 12.4 Å². The summed E-state index contributed by atoms with van der Waals surface area (Å²) in [7, 11) is 7.48. The number of anilines is 1. The maximum absolute atomic E-state index is 13.3. The van der Waals surface area contributed by atoms with Gasteiger partial charge in [-0.05, 0) is 52.2 Å². The summed E-state index contributed by atoms with van der Waals surface area (Å²) >= 11 is 1.50. The number of aryl methyl sites for hydroxylation is 2. The molecule has 1 aromatic carbocycles. The van der Waals surface area contributed by atoms with Crippen LogP contribution >= 0.6 is 23.7 Å². The zero-order valence-corrected chi connectivity index (χ0v) is 18.4. The molecule has 9 heteroatoms. The molecule has 0 radical (unpaired) electrons. The molecule has 0 bridgehead atoms. The predicted octanol–water partition coefficient (Wildman–Crippen LogP) is 3.37. The van der Waals surface area contributed by atoms with Crippen molar-refractivity contribution in [3.05, 3.63) is 35.7 Å². The number of rotatable bonds is 7. The van der Waals surface area contributed by atoms with Crippen molar-refractivity contribution >= 4 is 45.0 Å². The Balaban J connectivity index is 0.00000280. The van der Waals surface area contributed by atoms with E-state index >= 15 is 0 Å². The van der Waals surface area contributed by atoms with Crippen molar-refractivity contribution in [3.63, 3.8) is 0 Å². The standard InChI is InChI=1S/C19H25N5O2S.ClH/c1-13-12-14(23(4)21-13)18(25)24(11-7-10-22(2)3)19-20-17-15(26-5)8-6-9-16(17)27-19;/h6,8-9,12H,7,10-11H2,1-5H3;1H. The molecular weight excluding hydrogens is 398 g/mol. The monoisotopic (exact) mass is 423 g/mol. The Morgan fingerprint density at radius 3 is 2.64 bits per heavy atom. The fourth-order valence-electron chi connectivity index (χ4n) is 2.97. The Kier molecular flexibility index (Phi) is 7.40. The van der Waals surface area contributed by atoms with E-state index in [4.69, 9.17) is 9.72 Å². The van der Waals surface area contributed by atoms with E-state index in [0.717, 1.165) is 28.9 Å². The Labute approximate surface area is 175 Å². The van der Waals surface area contributed by atoms with Gasteiger partial charge in [0.15, 0.2) is 5.13 Å². The van der Waals surface area contributed by atoms with Gasteiger partial charge in [-0.3, -0.25) is 14.4 Å². The zero-order chi connectivity index (χ0) is 19.6. The second-order valence-corrected chi connectivity index (χ2v) is 7.72. The maximum atomic E-state index is 13.3. The predicted molar refractivity (Wildman–Crippen MR) is 116 cm³/mol. The molecule has 0 aliphatic heterocycles. The molecule has 3 rings (SSSR count). The average molecular weight is 424 g/mol. The summed E-state index contributed by atoms with van der Waals surface area (Å²) < 4.78 is 8.05. The van der Waals surface area contributed by atoms with E-state index in [1.54, 1.807) is 23.7 Å². The molecule has 7 nitrogen and oxygen atoms in total. The minimum atomic E-state index is -0.0881. The number of benzene rings is 1. The molecule has 0 saturated heterocycles. The van der Waals surface area contributed by atoms with Gasteiger partial charge in [0.05, 0.1) is 17.5 Å². The molecule has 1 amide bonds. The summed E-state index contributed by atoms with van der Waals surface area (Å²) in [5, 5.41) is 4.99. The average Bonchev–Trinajstić information content (AvgIpc) is 3.20. The highest BCUT2D eigenvalue weighted by Crippen LogP contribution is 2.34. The van der Waals surface area contributed by atoms with E-state index in [-0.39, 0.29) is 18.3 Å². The third-order valence-electron chi connectivity index (χ3n) is 4.27. The summed E-state index contributed by atoms with van der Waals surface area (Å²) in [5.41, 5.74) is 2.16. The number of halogens is 1. The van der Waals surface area contributed by atoms with Gasteiger partial charge in [0, 0.05) is 13.6 Å². The molecular formula is C19H26ClN5O2S. The number of thiazole rings is 1. The van der Waals surface area contributed by atoms with Crippen molar-refractivity contribution in [2.45, 2.75) is 13.3 Å². The molecule has 0 aliphatic carbocycles. The van der Waals surface area contributed by atoms with E-state index in [1.165, 1.54) is 11.3 Å². The lowest BCUT2D eigenvalue weighted by molar-refractivity contribution is 0.0977. The largest absolute Gasteiger partial charge is 0.494 e. The lowest BCUT2D eigenvalue weighted by atomic mass is 10.3. The summed E-state index contributed by atoms with van der Waals surface area (Å²) in [5.74, 6) is 0.627. The molecule has 0 atom stereocenters. The third kappa shape index (κ3) is 4.63. The van der Waals surface area contributed by atoms with Gasteiger partial charge in [0.25, 0.3) is 5.91 Å². The number of aromatic nitrogens is 3. The van der Waals surface area contributed by atoms with Crippen LogP contribution in [0.4, 0.5) is 5.13 Å². The van der Waals surface area contributed by atoms with E-state index in [1.807, 2.05) is 45.3 Å². The van der Waals surface area contributed by atoms with Gasteiger partial charge in [-0.1, -0.05) is 17.4 Å². The van der Waals surface area contributed by atoms with E-state index in [2.05, 4.69) is 10.00 Å². The first-order chi connectivity index (χ1) is 12.9. The number of hydrogen-bond acceptors (Lipinski definition) is 6. The van der Waals surface area contributed by atoms with Crippen LogP contribution < -0.4 is 9.64 Å². The van der Waals surface area contributed by atoms with Crippen molar-refractivity contribution < 1.29 is 9.53 Å². The molecule has 152 valence electrons. The maximum Gasteiger partial charge on any atom is 0.278 e. The number of amides is 1. The molecule has 0 aliphatic rings. The highest BCUT2D eigenvalue weighted by molar-refractivity contribution is 7.22. The van der Waals surface area contributed by atoms with Crippen LogP contribution in [0.15, 0.2) is 24.3 Å². The number of carbonyl (C=O) groups excluding carboxylic acids is 1. The molecule has 3 aromatic rings. The van der Waals surface area contributed by atoms with Crippen LogP contribution in [0.25, 0.3) is 10.2 Å². The molecule has 2 heterocycles. The molecule has 0 spiro atoms. The van der Waals surface area contributed by atoms with Crippen LogP contribution in [-0.4, -0.2) is 59.9 Å². The van der Waals surface area contributed by atoms with Crippen LogP contribution in [0.3, 0.4) is 0 Å². The van der Waals surface area contributed by atoms with Gasteiger partial charge in [0.1, 0.15) is 17.0 Å². The molecule has 0 fully saturated rings. The van der Waals surface area contributed by atoms with Crippen molar-refractivity contribution in [2.24, 2.45) is 7.05 Å². The highest BCUT2D eigenvalue weighted by Gasteiger charge is 2.24. The Hall–Kier alpha value is -2.16. The second kappa shape index (κ2) is 9.36. The van der Waals surface area contributed by atoms with Crippen molar-refractivity contribution in [2.75, 3.05) is 39.2 Å². The summed E-state index contributed by atoms with van der Waals surface area (Å²) in [4.78, 5) is 21.9. The van der Waals surface area contributed by atoms with Gasteiger partial charge in [0.2, 0.25) is 0 Å². The minimum absolute atomic E-state index is 0. The number of fused-ring (bicyclic) bond motifs is 1. The first-order valence-corrected chi connectivity index (χ1v) is 9.63. The second-order valence-electron chi connectivity index (χ2n) is 6.71. The molecule has 0 saturated carbocycles. The van der Waals surface area contributed by atoms with Gasteiger partial charge in [-0.25, -0.2) is 4.98 Å². The Morgan fingerprint density at radius 1 is 1.29 bits per heavy atom. The van der Waals surface area contributed by atoms with Gasteiger partial charge in [-0.2, -0.15) is 5.10 Å². The van der Waals surface area contributed by atoms with Crippen LogP contribution in [0, 0.1) is 6.92 Å². The number of para-hydroxylation sites is 1. The van der Waals surface area contributed by atoms with Crippen LogP contribution in [0.5, 0.6) is 5.75 Å². The van der Waals surface area contributed by atoms with Crippen LogP contribution in [-0.2, 0) is 7.05 Å². The number of ether oxygens (including phenoxy) is 1.